The maximum atomic E-state index is 12.4. The molecule has 0 aliphatic heterocycles. The molecule has 2 rings (SSSR count). The first-order valence-corrected chi connectivity index (χ1v) is 5.87. The Balaban J connectivity index is 2.04. The van der Waals surface area contributed by atoms with Crippen LogP contribution in [0.1, 0.15) is 30.5 Å². The number of halogens is 6. The van der Waals surface area contributed by atoms with Gasteiger partial charge in [0.2, 0.25) is 17.7 Å². The van der Waals surface area contributed by atoms with E-state index in [-0.39, 0.29) is 12.3 Å². The summed E-state index contributed by atoms with van der Waals surface area (Å²) in [4.78, 5) is 0. The molecular weight excluding hydrogens is 292 g/mol. The van der Waals surface area contributed by atoms with Crippen molar-refractivity contribution in [3.63, 3.8) is 0 Å². The molecule has 1 fully saturated rings. The number of hydrogen-bond acceptors (Lipinski definition) is 4. The Labute approximate surface area is 109 Å². The molecule has 0 radical (unpaired) electrons. The molecule has 1 heterocycles. The van der Waals surface area contributed by atoms with Crippen LogP contribution in [-0.2, 0) is 6.42 Å². The number of alkyl halides is 6. The molecule has 1 saturated carbocycles. The highest BCUT2D eigenvalue weighted by molar-refractivity contribution is 5.00. The zero-order valence-corrected chi connectivity index (χ0v) is 10.1. The maximum Gasteiger partial charge on any atom is 0.409 e. The zero-order chi connectivity index (χ0) is 15.0. The molecule has 4 nitrogen and oxygen atoms in total. The Hall–Kier alpha value is -1.32. The molecule has 0 bridgehead atoms. The van der Waals surface area contributed by atoms with Gasteiger partial charge < -0.3 is 9.73 Å². The van der Waals surface area contributed by atoms with Crippen LogP contribution in [0.3, 0.4) is 0 Å². The van der Waals surface area contributed by atoms with Gasteiger partial charge in [-0.1, -0.05) is 0 Å². The van der Waals surface area contributed by atoms with Crippen LogP contribution in [-0.4, -0.2) is 35.1 Å². The van der Waals surface area contributed by atoms with Gasteiger partial charge >= 0.3 is 12.4 Å². The van der Waals surface area contributed by atoms with E-state index in [1.807, 2.05) is 0 Å². The first kappa shape index (κ1) is 15.1. The minimum absolute atomic E-state index is 0.0892. The molecule has 0 saturated heterocycles. The highest BCUT2D eigenvalue weighted by atomic mass is 19.4. The van der Waals surface area contributed by atoms with Gasteiger partial charge in [0.05, 0.1) is 0 Å². The number of hydrogen-bond donors (Lipinski definition) is 1. The summed E-state index contributed by atoms with van der Waals surface area (Å²) >= 11 is 0. The average molecular weight is 303 g/mol. The smallest absolute Gasteiger partial charge is 0.409 e. The summed E-state index contributed by atoms with van der Waals surface area (Å²) in [6.07, 6.45) is -8.92. The number of nitrogens with zero attached hydrogens (tertiary/aromatic N) is 2. The van der Waals surface area contributed by atoms with Gasteiger partial charge in [-0.2, -0.15) is 26.3 Å². The van der Waals surface area contributed by atoms with Crippen LogP contribution < -0.4 is 5.32 Å². The van der Waals surface area contributed by atoms with Gasteiger partial charge in [0.15, 0.2) is 0 Å². The van der Waals surface area contributed by atoms with Gasteiger partial charge in [0.1, 0.15) is 0 Å². The quantitative estimate of drug-likeness (QED) is 0.849. The van der Waals surface area contributed by atoms with Gasteiger partial charge in [0, 0.05) is 19.0 Å². The fraction of sp³-hybridized carbons (Fsp3) is 0.800. The monoisotopic (exact) mass is 303 g/mol. The van der Waals surface area contributed by atoms with Gasteiger partial charge in [-0.05, 0) is 12.8 Å². The lowest BCUT2D eigenvalue weighted by atomic mass is 10.1. The van der Waals surface area contributed by atoms with Gasteiger partial charge in [0.25, 0.3) is 0 Å². The summed E-state index contributed by atoms with van der Waals surface area (Å²) < 4.78 is 79.0. The Bertz CT molecular complexity index is 437. The van der Waals surface area contributed by atoms with Crippen LogP contribution in [0.5, 0.6) is 0 Å². The topological polar surface area (TPSA) is 51.0 Å². The van der Waals surface area contributed by atoms with E-state index in [0.717, 1.165) is 12.8 Å². The molecule has 0 unspecified atom stereocenters. The van der Waals surface area contributed by atoms with Crippen LogP contribution in [0.25, 0.3) is 0 Å². The van der Waals surface area contributed by atoms with Crippen molar-refractivity contribution in [1.29, 1.82) is 0 Å². The second kappa shape index (κ2) is 5.23. The fourth-order valence-electron chi connectivity index (χ4n) is 1.62. The van der Waals surface area contributed by atoms with E-state index in [0.29, 0.717) is 12.6 Å². The van der Waals surface area contributed by atoms with Crippen LogP contribution >= 0.6 is 0 Å². The normalized spacial score (nSPS) is 16.9. The number of aromatic nitrogens is 2. The van der Waals surface area contributed by atoms with Crippen molar-refractivity contribution >= 4 is 0 Å². The average Bonchev–Trinajstić information content (AvgIpc) is 2.95. The minimum atomic E-state index is -5.52. The molecule has 1 aromatic heterocycles. The predicted molar refractivity (Wildman–Crippen MR) is 53.9 cm³/mol. The van der Waals surface area contributed by atoms with Crippen molar-refractivity contribution in [3.8, 4) is 0 Å². The third-order valence-electron chi connectivity index (χ3n) is 2.73. The second-order valence-electron chi connectivity index (χ2n) is 4.53. The van der Waals surface area contributed by atoms with E-state index in [9.17, 15) is 26.3 Å². The minimum Gasteiger partial charge on any atom is -0.424 e. The molecule has 10 heteroatoms. The molecule has 0 amide bonds. The molecule has 114 valence electrons. The number of nitrogens with one attached hydrogen (secondary N) is 1. The molecule has 20 heavy (non-hydrogen) atoms. The highest BCUT2D eigenvalue weighted by Crippen LogP contribution is 2.45. The molecular formula is C10H11F6N3O. The Kier molecular flexibility index (Phi) is 3.94. The Morgan fingerprint density at radius 2 is 1.70 bits per heavy atom. The SMILES string of the molecule is FC(F)(F)C(c1nnc(CCNC2CC2)o1)C(F)(F)F. The lowest BCUT2D eigenvalue weighted by molar-refractivity contribution is -0.258. The highest BCUT2D eigenvalue weighted by Gasteiger charge is 2.60. The van der Waals surface area contributed by atoms with Crippen LogP contribution in [0.15, 0.2) is 4.42 Å². The summed E-state index contributed by atoms with van der Waals surface area (Å²) in [6, 6.07) is 0.371. The summed E-state index contributed by atoms with van der Waals surface area (Å²) in [5, 5.41) is 9.13. The van der Waals surface area contributed by atoms with E-state index in [1.165, 1.54) is 0 Å². The van der Waals surface area contributed by atoms with E-state index in [2.05, 4.69) is 19.9 Å². The number of rotatable bonds is 5. The second-order valence-corrected chi connectivity index (χ2v) is 4.53. The molecule has 1 aliphatic carbocycles. The van der Waals surface area contributed by atoms with Crippen molar-refractivity contribution < 1.29 is 30.8 Å². The van der Waals surface area contributed by atoms with Crippen molar-refractivity contribution in [3.05, 3.63) is 11.8 Å². The van der Waals surface area contributed by atoms with E-state index in [1.54, 1.807) is 0 Å². The van der Waals surface area contributed by atoms with Crippen molar-refractivity contribution in [2.75, 3.05) is 6.54 Å². The standard InChI is InChI=1S/C10H11F6N3O/c11-9(12,13)7(10(14,15)16)8-19-18-6(20-8)3-4-17-5-1-2-5/h5,7,17H,1-4H2. The summed E-state index contributed by atoms with van der Waals surface area (Å²) in [6.45, 7) is 0.370. The van der Waals surface area contributed by atoms with E-state index >= 15 is 0 Å². The fourth-order valence-corrected chi connectivity index (χ4v) is 1.62. The molecule has 0 spiro atoms. The molecule has 1 N–H and O–H groups in total. The summed E-state index contributed by atoms with van der Waals surface area (Å²) in [7, 11) is 0. The van der Waals surface area contributed by atoms with Crippen LogP contribution in [0.2, 0.25) is 0 Å². The zero-order valence-electron chi connectivity index (χ0n) is 10.1. The largest absolute Gasteiger partial charge is 0.424 e. The third-order valence-corrected chi connectivity index (χ3v) is 2.73. The van der Waals surface area contributed by atoms with Crippen molar-refractivity contribution in [1.82, 2.24) is 15.5 Å². The van der Waals surface area contributed by atoms with Gasteiger partial charge in [-0.3, -0.25) is 0 Å². The molecule has 1 aliphatic rings. The predicted octanol–water partition coefficient (Wildman–Crippen LogP) is 2.57. The first-order chi connectivity index (χ1) is 9.18. The van der Waals surface area contributed by atoms with Gasteiger partial charge in [-0.15, -0.1) is 10.2 Å². The third kappa shape index (κ3) is 3.84. The van der Waals surface area contributed by atoms with E-state index in [4.69, 9.17) is 0 Å². The maximum absolute atomic E-state index is 12.4. The van der Waals surface area contributed by atoms with Crippen molar-refractivity contribution in [2.45, 2.75) is 43.6 Å². The summed E-state index contributed by atoms with van der Waals surface area (Å²) in [5.74, 6) is -5.45. The molecule has 0 aromatic carbocycles. The van der Waals surface area contributed by atoms with E-state index < -0.39 is 24.2 Å². The van der Waals surface area contributed by atoms with Crippen LogP contribution in [0, 0.1) is 0 Å². The lowest BCUT2D eigenvalue weighted by Gasteiger charge is -2.19. The Morgan fingerprint density at radius 3 is 2.20 bits per heavy atom. The lowest BCUT2D eigenvalue weighted by Crippen LogP contribution is -2.34. The molecule has 1 aromatic rings. The van der Waals surface area contributed by atoms with Crippen LogP contribution in [0.4, 0.5) is 26.3 Å². The summed E-state index contributed by atoms with van der Waals surface area (Å²) in [5.41, 5.74) is 0. The van der Waals surface area contributed by atoms with Crippen molar-refractivity contribution in [2.24, 2.45) is 0 Å². The first-order valence-electron chi connectivity index (χ1n) is 5.87. The molecule has 0 atom stereocenters. The van der Waals surface area contributed by atoms with Gasteiger partial charge in [-0.25, -0.2) is 0 Å². The Morgan fingerprint density at radius 1 is 1.10 bits per heavy atom.